The molecule has 0 saturated carbocycles. The van der Waals surface area contributed by atoms with E-state index >= 15 is 4.39 Å². The summed E-state index contributed by atoms with van der Waals surface area (Å²) < 4.78 is 36.6. The van der Waals surface area contributed by atoms with Gasteiger partial charge in [0.15, 0.2) is 11.6 Å². The Bertz CT molecular complexity index is 1540. The van der Waals surface area contributed by atoms with Crippen LogP contribution in [0.2, 0.25) is 0 Å². The van der Waals surface area contributed by atoms with Crippen molar-refractivity contribution in [3.8, 4) is 17.3 Å². The summed E-state index contributed by atoms with van der Waals surface area (Å²) in [4.78, 5) is 15.2. The van der Waals surface area contributed by atoms with Crippen LogP contribution in [0, 0.1) is 28.9 Å². The van der Waals surface area contributed by atoms with Gasteiger partial charge in [-0.25, -0.2) is 18.7 Å². The maximum absolute atomic E-state index is 16.3. The molecule has 11 heteroatoms. The number of rotatable bonds is 2. The van der Waals surface area contributed by atoms with Crippen LogP contribution >= 0.6 is 11.3 Å². The lowest BCUT2D eigenvalue weighted by Crippen LogP contribution is -2.29. The van der Waals surface area contributed by atoms with Gasteiger partial charge in [0.2, 0.25) is 5.95 Å². The first-order valence-corrected chi connectivity index (χ1v) is 11.6. The van der Waals surface area contributed by atoms with E-state index in [2.05, 4.69) is 21.9 Å². The van der Waals surface area contributed by atoms with E-state index in [1.54, 1.807) is 6.20 Å². The molecule has 34 heavy (non-hydrogen) atoms. The maximum Gasteiger partial charge on any atom is 0.226 e. The van der Waals surface area contributed by atoms with Crippen LogP contribution in [-0.2, 0) is 18.0 Å². The van der Waals surface area contributed by atoms with Gasteiger partial charge >= 0.3 is 0 Å². The number of halogens is 2. The SMILES string of the molecule is CC1CN(c2ncc3c4c(c(-c5ncc(F)c6sc(N)c(C#N)c56)c(F)c3n2)COC4)CC1N. The molecule has 3 aromatic heterocycles. The zero-order valence-electron chi connectivity index (χ0n) is 18.1. The summed E-state index contributed by atoms with van der Waals surface area (Å²) in [6.45, 7) is 3.72. The summed E-state index contributed by atoms with van der Waals surface area (Å²) in [6, 6.07) is 2.00. The normalized spacial score (nSPS) is 19.8. The number of hydrogen-bond acceptors (Lipinski definition) is 9. The molecule has 2 unspecified atom stereocenters. The van der Waals surface area contributed by atoms with Crippen LogP contribution in [0.3, 0.4) is 0 Å². The van der Waals surface area contributed by atoms with E-state index in [1.165, 1.54) is 0 Å². The fourth-order valence-electron chi connectivity index (χ4n) is 4.85. The number of hydrogen-bond donors (Lipinski definition) is 2. The molecule has 2 aliphatic heterocycles. The molecule has 0 radical (unpaired) electrons. The predicted octanol–water partition coefficient (Wildman–Crippen LogP) is 3.45. The van der Waals surface area contributed by atoms with Gasteiger partial charge in [0, 0.05) is 41.7 Å². The first-order valence-electron chi connectivity index (χ1n) is 10.7. The first-order chi connectivity index (χ1) is 16.4. The Morgan fingerprint density at radius 1 is 1.21 bits per heavy atom. The quantitative estimate of drug-likeness (QED) is 0.448. The lowest BCUT2D eigenvalue weighted by Gasteiger charge is -2.18. The standard InChI is InChI=1S/C23H19F2N7OS/c1-9-5-32(6-15(9)27)23-30-3-11-12-7-33-8-13(12)16(18(25)19(11)31-23)20-17-10(2-26)22(28)34-21(17)14(24)4-29-20/h3-4,9,15H,5-8,27-28H2,1H3. The van der Waals surface area contributed by atoms with Crippen LogP contribution in [0.25, 0.3) is 32.2 Å². The van der Waals surface area contributed by atoms with Crippen molar-refractivity contribution in [2.45, 2.75) is 26.2 Å². The van der Waals surface area contributed by atoms with Crippen LogP contribution in [0.1, 0.15) is 23.6 Å². The lowest BCUT2D eigenvalue weighted by molar-refractivity contribution is 0.135. The minimum absolute atomic E-state index is 0.0155. The highest BCUT2D eigenvalue weighted by atomic mass is 32.1. The average molecular weight is 480 g/mol. The van der Waals surface area contributed by atoms with Crippen molar-refractivity contribution in [1.82, 2.24) is 15.0 Å². The van der Waals surface area contributed by atoms with E-state index in [-0.39, 0.29) is 62.6 Å². The minimum atomic E-state index is -0.617. The zero-order chi connectivity index (χ0) is 23.7. The van der Waals surface area contributed by atoms with Crippen molar-refractivity contribution in [2.24, 2.45) is 11.7 Å². The Labute approximate surface area is 196 Å². The smallest absolute Gasteiger partial charge is 0.226 e. The number of nitrogens with two attached hydrogens (primary N) is 2. The summed E-state index contributed by atoms with van der Waals surface area (Å²) in [7, 11) is 0. The Kier molecular flexibility index (Phi) is 4.67. The number of nitriles is 1. The van der Waals surface area contributed by atoms with E-state index in [1.807, 2.05) is 11.0 Å². The maximum atomic E-state index is 16.3. The molecule has 1 saturated heterocycles. The second-order valence-electron chi connectivity index (χ2n) is 8.73. The monoisotopic (exact) mass is 479 g/mol. The zero-order valence-corrected chi connectivity index (χ0v) is 18.9. The first kappa shape index (κ1) is 21.1. The van der Waals surface area contributed by atoms with E-state index in [4.69, 9.17) is 16.2 Å². The van der Waals surface area contributed by atoms with Gasteiger partial charge in [-0.05, 0) is 17.0 Å². The number of fused-ring (bicyclic) bond motifs is 4. The Morgan fingerprint density at radius 3 is 2.74 bits per heavy atom. The summed E-state index contributed by atoms with van der Waals surface area (Å²) in [5, 5.41) is 10.6. The molecule has 1 aromatic carbocycles. The van der Waals surface area contributed by atoms with Gasteiger partial charge in [0.25, 0.3) is 0 Å². The molecule has 2 aliphatic rings. The highest BCUT2D eigenvalue weighted by molar-refractivity contribution is 7.23. The molecule has 0 bridgehead atoms. The number of nitrogens with zero attached hydrogens (tertiary/aromatic N) is 5. The van der Waals surface area contributed by atoms with E-state index < -0.39 is 11.6 Å². The second-order valence-corrected chi connectivity index (χ2v) is 9.78. The fraction of sp³-hybridized carbons (Fsp3) is 0.304. The molecule has 1 fully saturated rings. The minimum Gasteiger partial charge on any atom is -0.389 e. The van der Waals surface area contributed by atoms with Crippen molar-refractivity contribution >= 4 is 43.3 Å². The van der Waals surface area contributed by atoms with E-state index in [0.717, 1.165) is 23.1 Å². The topological polar surface area (TPSA) is 127 Å². The van der Waals surface area contributed by atoms with Crippen LogP contribution in [-0.4, -0.2) is 34.1 Å². The lowest BCUT2D eigenvalue weighted by atomic mass is 9.94. The third kappa shape index (κ3) is 2.89. The molecule has 4 aromatic rings. The Morgan fingerprint density at radius 2 is 2.00 bits per heavy atom. The molecule has 0 spiro atoms. The third-order valence-electron chi connectivity index (χ3n) is 6.69. The van der Waals surface area contributed by atoms with Gasteiger partial charge in [-0.3, -0.25) is 4.98 Å². The van der Waals surface area contributed by atoms with Gasteiger partial charge in [-0.2, -0.15) is 5.26 Å². The van der Waals surface area contributed by atoms with Crippen LogP contribution in [0.5, 0.6) is 0 Å². The largest absolute Gasteiger partial charge is 0.389 e. The molecular weight excluding hydrogens is 460 g/mol. The highest BCUT2D eigenvalue weighted by Gasteiger charge is 2.32. The molecule has 172 valence electrons. The van der Waals surface area contributed by atoms with Crippen LogP contribution in [0.15, 0.2) is 12.4 Å². The number of nitrogen functional groups attached to an aromatic ring is 1. The average Bonchev–Trinajstić information content (AvgIpc) is 3.52. The van der Waals surface area contributed by atoms with Gasteiger partial charge in [-0.15, -0.1) is 11.3 Å². The molecule has 0 aliphatic carbocycles. The highest BCUT2D eigenvalue weighted by Crippen LogP contribution is 2.45. The van der Waals surface area contributed by atoms with E-state index in [9.17, 15) is 9.65 Å². The van der Waals surface area contributed by atoms with Crippen molar-refractivity contribution in [3.05, 3.63) is 40.7 Å². The molecule has 0 amide bonds. The van der Waals surface area contributed by atoms with E-state index in [0.29, 0.717) is 30.0 Å². The van der Waals surface area contributed by atoms with Crippen molar-refractivity contribution < 1.29 is 13.5 Å². The van der Waals surface area contributed by atoms with Crippen molar-refractivity contribution in [1.29, 1.82) is 5.26 Å². The Balaban J connectivity index is 1.65. The number of ether oxygens (including phenoxy) is 1. The number of benzene rings is 1. The predicted molar refractivity (Wildman–Crippen MR) is 125 cm³/mol. The van der Waals surface area contributed by atoms with Crippen molar-refractivity contribution in [3.63, 3.8) is 0 Å². The summed E-state index contributed by atoms with van der Waals surface area (Å²) in [6.07, 6.45) is 2.64. The number of anilines is 2. The van der Waals surface area contributed by atoms with Gasteiger partial charge in [-0.1, -0.05) is 6.92 Å². The summed E-state index contributed by atoms with van der Waals surface area (Å²) >= 11 is 0.944. The van der Waals surface area contributed by atoms with Crippen molar-refractivity contribution in [2.75, 3.05) is 23.7 Å². The van der Waals surface area contributed by atoms with Crippen LogP contribution < -0.4 is 16.4 Å². The molecule has 8 nitrogen and oxygen atoms in total. The van der Waals surface area contributed by atoms with Gasteiger partial charge < -0.3 is 21.1 Å². The molecule has 2 atom stereocenters. The third-order valence-corrected chi connectivity index (χ3v) is 7.71. The molecule has 4 N–H and O–H groups in total. The molecule has 5 heterocycles. The second kappa shape index (κ2) is 7.53. The molecular formula is C23H19F2N7OS. The number of pyridine rings is 1. The summed E-state index contributed by atoms with van der Waals surface area (Å²) in [5.41, 5.74) is 14.0. The fourth-order valence-corrected chi connectivity index (χ4v) is 5.77. The van der Waals surface area contributed by atoms with Gasteiger partial charge in [0.05, 0.1) is 35.4 Å². The number of thiophene rings is 1. The summed E-state index contributed by atoms with van der Waals surface area (Å²) in [5.74, 6) is -0.576. The van der Waals surface area contributed by atoms with Gasteiger partial charge in [0.1, 0.15) is 16.6 Å². The van der Waals surface area contributed by atoms with Crippen LogP contribution in [0.4, 0.5) is 19.7 Å². The molecule has 6 rings (SSSR count). The number of aromatic nitrogens is 3. The Hall–Kier alpha value is -3.46.